The predicted octanol–water partition coefficient (Wildman–Crippen LogP) is 3.49. The van der Waals surface area contributed by atoms with E-state index >= 15 is 0 Å². The molecule has 0 atom stereocenters. The Bertz CT molecular complexity index is 572. The third kappa shape index (κ3) is 2.98. The highest BCUT2D eigenvalue weighted by atomic mass is 79.9. The smallest absolute Gasteiger partial charge is 0.126 e. The van der Waals surface area contributed by atoms with Crippen LogP contribution in [0.15, 0.2) is 34.9 Å². The Hall–Kier alpha value is -1.62. The molecule has 3 N–H and O–H groups in total. The van der Waals surface area contributed by atoms with Gasteiger partial charge in [-0.2, -0.15) is 0 Å². The molecule has 0 aliphatic heterocycles. The van der Waals surface area contributed by atoms with Gasteiger partial charge in [0.1, 0.15) is 11.6 Å². The third-order valence-electron chi connectivity index (χ3n) is 2.62. The highest BCUT2D eigenvalue weighted by molar-refractivity contribution is 9.10. The maximum absolute atomic E-state index is 13.1. The number of rotatable bonds is 3. The molecule has 2 rings (SSSR count). The summed E-state index contributed by atoms with van der Waals surface area (Å²) in [5, 5.41) is 3.13. The van der Waals surface area contributed by atoms with Gasteiger partial charge in [-0.15, -0.1) is 0 Å². The molecule has 0 saturated carbocycles. The minimum absolute atomic E-state index is 0.253. The normalized spacial score (nSPS) is 10.4. The minimum atomic E-state index is -0.253. The van der Waals surface area contributed by atoms with Crippen LogP contribution in [-0.2, 0) is 6.54 Å². The number of nitrogens with two attached hydrogens (primary N) is 1. The summed E-state index contributed by atoms with van der Waals surface area (Å²) in [4.78, 5) is 4.16. The second kappa shape index (κ2) is 5.35. The summed E-state index contributed by atoms with van der Waals surface area (Å²) in [7, 11) is 0. The maximum Gasteiger partial charge on any atom is 0.126 e. The fraction of sp³-hybridized carbons (Fsp3) is 0.154. The number of anilines is 2. The van der Waals surface area contributed by atoms with Crippen LogP contribution in [0.3, 0.4) is 0 Å². The fourth-order valence-corrected chi connectivity index (χ4v) is 1.91. The number of hydrogen-bond acceptors (Lipinski definition) is 3. The van der Waals surface area contributed by atoms with E-state index in [9.17, 15) is 4.39 Å². The number of aryl methyl sites for hydroxylation is 1. The second-order valence-electron chi connectivity index (χ2n) is 4.02. The largest absolute Gasteiger partial charge is 0.397 e. The Labute approximate surface area is 113 Å². The van der Waals surface area contributed by atoms with Gasteiger partial charge in [-0.1, -0.05) is 15.9 Å². The lowest BCUT2D eigenvalue weighted by Gasteiger charge is -2.09. The first-order valence-corrected chi connectivity index (χ1v) is 6.25. The van der Waals surface area contributed by atoms with E-state index in [0.29, 0.717) is 12.2 Å². The van der Waals surface area contributed by atoms with E-state index in [1.807, 2.05) is 13.0 Å². The monoisotopic (exact) mass is 309 g/mol. The molecule has 1 aromatic heterocycles. The first kappa shape index (κ1) is 12.8. The number of aromatic nitrogens is 1. The van der Waals surface area contributed by atoms with Crippen LogP contribution in [0.4, 0.5) is 15.9 Å². The van der Waals surface area contributed by atoms with Crippen molar-refractivity contribution in [1.29, 1.82) is 0 Å². The van der Waals surface area contributed by atoms with E-state index in [1.165, 1.54) is 12.1 Å². The van der Waals surface area contributed by atoms with Crippen LogP contribution in [0.25, 0.3) is 0 Å². The van der Waals surface area contributed by atoms with Gasteiger partial charge in [0.25, 0.3) is 0 Å². The van der Waals surface area contributed by atoms with Crippen LogP contribution in [0.5, 0.6) is 0 Å². The average molecular weight is 310 g/mol. The van der Waals surface area contributed by atoms with Gasteiger partial charge in [-0.3, -0.25) is 0 Å². The Morgan fingerprint density at radius 3 is 2.89 bits per heavy atom. The maximum atomic E-state index is 13.1. The van der Waals surface area contributed by atoms with Crippen molar-refractivity contribution >= 4 is 27.4 Å². The number of nitrogens with zero attached hydrogens (tertiary/aromatic N) is 1. The van der Waals surface area contributed by atoms with Crippen molar-refractivity contribution in [2.24, 2.45) is 0 Å². The minimum Gasteiger partial charge on any atom is -0.397 e. The zero-order valence-corrected chi connectivity index (χ0v) is 11.5. The average Bonchev–Trinajstić information content (AvgIpc) is 2.34. The summed E-state index contributed by atoms with van der Waals surface area (Å²) in [5.74, 6) is 0.467. The van der Waals surface area contributed by atoms with Gasteiger partial charge in [0.15, 0.2) is 0 Å². The molecule has 0 radical (unpaired) electrons. The molecule has 18 heavy (non-hydrogen) atoms. The van der Waals surface area contributed by atoms with E-state index in [0.717, 1.165) is 21.4 Å². The molecule has 0 saturated heterocycles. The molecule has 2 aromatic rings. The van der Waals surface area contributed by atoms with Crippen molar-refractivity contribution in [3.05, 3.63) is 51.9 Å². The first-order chi connectivity index (χ1) is 8.56. The molecule has 1 heterocycles. The number of halogens is 2. The molecule has 0 fully saturated rings. The molecule has 1 aromatic carbocycles. The van der Waals surface area contributed by atoms with Crippen LogP contribution < -0.4 is 11.1 Å². The molecule has 0 aliphatic carbocycles. The standard InChI is InChI=1S/C13H13BrFN3/c1-8-4-13(18-7-12(8)16)17-6-9-5-10(15)2-3-11(9)14/h2-5,7H,6,16H2,1H3,(H,17,18). The summed E-state index contributed by atoms with van der Waals surface area (Å²) < 4.78 is 14.0. The molecular formula is C13H13BrFN3. The van der Waals surface area contributed by atoms with Crippen LogP contribution >= 0.6 is 15.9 Å². The van der Waals surface area contributed by atoms with Gasteiger partial charge in [0, 0.05) is 11.0 Å². The molecule has 0 bridgehead atoms. The SMILES string of the molecule is Cc1cc(NCc2cc(F)ccc2Br)ncc1N. The van der Waals surface area contributed by atoms with E-state index in [4.69, 9.17) is 5.73 Å². The number of benzene rings is 1. The summed E-state index contributed by atoms with van der Waals surface area (Å²) in [5.41, 5.74) is 8.16. The van der Waals surface area contributed by atoms with Crippen molar-refractivity contribution in [2.45, 2.75) is 13.5 Å². The zero-order chi connectivity index (χ0) is 13.1. The van der Waals surface area contributed by atoms with Crippen molar-refractivity contribution in [2.75, 3.05) is 11.1 Å². The zero-order valence-electron chi connectivity index (χ0n) is 9.87. The summed E-state index contributed by atoms with van der Waals surface area (Å²) in [6.07, 6.45) is 1.61. The van der Waals surface area contributed by atoms with Crippen molar-refractivity contribution in [1.82, 2.24) is 4.98 Å². The van der Waals surface area contributed by atoms with E-state index in [1.54, 1.807) is 12.3 Å². The molecule has 0 spiro atoms. The quantitative estimate of drug-likeness (QED) is 0.912. The van der Waals surface area contributed by atoms with E-state index < -0.39 is 0 Å². The molecular weight excluding hydrogens is 297 g/mol. The van der Waals surface area contributed by atoms with Crippen LogP contribution in [0.1, 0.15) is 11.1 Å². The van der Waals surface area contributed by atoms with Crippen LogP contribution in [0.2, 0.25) is 0 Å². The third-order valence-corrected chi connectivity index (χ3v) is 3.39. The summed E-state index contributed by atoms with van der Waals surface area (Å²) >= 11 is 3.38. The lowest BCUT2D eigenvalue weighted by atomic mass is 10.2. The second-order valence-corrected chi connectivity index (χ2v) is 4.87. The molecule has 0 aliphatic rings. The summed E-state index contributed by atoms with van der Waals surface area (Å²) in [6.45, 7) is 2.41. The molecule has 3 nitrogen and oxygen atoms in total. The number of nitrogen functional groups attached to an aromatic ring is 1. The molecule has 0 amide bonds. The Kier molecular flexibility index (Phi) is 3.81. The molecule has 5 heteroatoms. The molecule has 0 unspecified atom stereocenters. The Balaban J connectivity index is 2.11. The highest BCUT2D eigenvalue weighted by Crippen LogP contribution is 2.19. The van der Waals surface area contributed by atoms with Crippen LogP contribution in [-0.4, -0.2) is 4.98 Å². The van der Waals surface area contributed by atoms with Crippen molar-refractivity contribution in [3.8, 4) is 0 Å². The van der Waals surface area contributed by atoms with Gasteiger partial charge >= 0.3 is 0 Å². The highest BCUT2D eigenvalue weighted by Gasteiger charge is 2.03. The Morgan fingerprint density at radius 2 is 2.17 bits per heavy atom. The van der Waals surface area contributed by atoms with Gasteiger partial charge in [0.05, 0.1) is 11.9 Å². The van der Waals surface area contributed by atoms with Crippen molar-refractivity contribution < 1.29 is 4.39 Å². The number of pyridine rings is 1. The van der Waals surface area contributed by atoms with Gasteiger partial charge in [0.2, 0.25) is 0 Å². The molecule has 94 valence electrons. The number of hydrogen-bond donors (Lipinski definition) is 2. The first-order valence-electron chi connectivity index (χ1n) is 5.46. The van der Waals surface area contributed by atoms with Gasteiger partial charge in [-0.25, -0.2) is 9.37 Å². The lowest BCUT2D eigenvalue weighted by Crippen LogP contribution is -2.03. The topological polar surface area (TPSA) is 50.9 Å². The fourth-order valence-electron chi connectivity index (χ4n) is 1.53. The number of nitrogens with one attached hydrogen (secondary N) is 1. The summed E-state index contributed by atoms with van der Waals surface area (Å²) in [6, 6.07) is 6.46. The predicted molar refractivity (Wildman–Crippen MR) is 74.8 cm³/mol. The van der Waals surface area contributed by atoms with Gasteiger partial charge < -0.3 is 11.1 Å². The van der Waals surface area contributed by atoms with Gasteiger partial charge in [-0.05, 0) is 42.3 Å². The van der Waals surface area contributed by atoms with Crippen molar-refractivity contribution in [3.63, 3.8) is 0 Å². The van der Waals surface area contributed by atoms with E-state index in [2.05, 4.69) is 26.2 Å². The Morgan fingerprint density at radius 1 is 1.39 bits per heavy atom. The van der Waals surface area contributed by atoms with E-state index in [-0.39, 0.29) is 5.82 Å². The van der Waals surface area contributed by atoms with Crippen LogP contribution in [0, 0.1) is 12.7 Å². The lowest BCUT2D eigenvalue weighted by molar-refractivity contribution is 0.625.